The van der Waals surface area contributed by atoms with Crippen LogP contribution < -0.4 is 0 Å². The second-order valence-electron chi connectivity index (χ2n) is 8.88. The maximum absolute atomic E-state index is 4.59. The van der Waals surface area contributed by atoms with Gasteiger partial charge in [0.05, 0.1) is 0 Å². The molecule has 0 spiro atoms. The molecule has 164 valence electrons. The van der Waals surface area contributed by atoms with Gasteiger partial charge < -0.3 is 0 Å². The Morgan fingerprint density at radius 3 is 2.19 bits per heavy atom. The van der Waals surface area contributed by atoms with Crippen LogP contribution in [-0.4, -0.2) is 20.5 Å². The molecule has 1 heterocycles. The molecule has 3 aromatic carbocycles. The first-order chi connectivity index (χ1) is 15.4. The van der Waals surface area contributed by atoms with Gasteiger partial charge in [-0.1, -0.05) is 103 Å². The van der Waals surface area contributed by atoms with Gasteiger partial charge in [-0.25, -0.2) is 0 Å². The molecule has 0 N–H and O–H groups in total. The quantitative estimate of drug-likeness (QED) is 0.190. The second kappa shape index (κ2) is 10.1. The molecule has 0 saturated heterocycles. The molecule has 0 unspecified atom stereocenters. The minimum Gasteiger partial charge on any atom is -0.270 e. The number of nitrogens with zero attached hydrogens (tertiary/aromatic N) is 3. The predicted molar refractivity (Wildman–Crippen MR) is 139 cm³/mol. The molecule has 0 aliphatic heterocycles. The first kappa shape index (κ1) is 22.8. The van der Waals surface area contributed by atoms with Crippen LogP contribution in [0.1, 0.15) is 38.3 Å². The number of aryl methyl sites for hydroxylation is 1. The molecule has 4 rings (SSSR count). The Balaban J connectivity index is 1.59. The Bertz CT molecular complexity index is 1140. The molecule has 0 fully saturated rings. The lowest BCUT2D eigenvalue weighted by molar-refractivity contribution is 0.590. The Hall–Kier alpha value is -2.37. The van der Waals surface area contributed by atoms with Gasteiger partial charge in [0.15, 0.2) is 11.0 Å². The lowest BCUT2D eigenvalue weighted by Crippen LogP contribution is -2.10. The highest BCUT2D eigenvalue weighted by molar-refractivity contribution is 9.10. The largest absolute Gasteiger partial charge is 0.270 e. The van der Waals surface area contributed by atoms with Gasteiger partial charge in [0, 0.05) is 21.5 Å². The number of benzene rings is 3. The summed E-state index contributed by atoms with van der Waals surface area (Å²) >= 11 is 5.31. The highest BCUT2D eigenvalue weighted by Gasteiger charge is 2.18. The third-order valence-electron chi connectivity index (χ3n) is 5.41. The molecule has 4 aromatic rings. The summed E-state index contributed by atoms with van der Waals surface area (Å²) in [5.41, 5.74) is 4.95. The fraction of sp³-hybridized carbons (Fsp3) is 0.259. The van der Waals surface area contributed by atoms with Crippen molar-refractivity contribution < 1.29 is 0 Å². The van der Waals surface area contributed by atoms with Crippen LogP contribution in [0.15, 0.2) is 88.5 Å². The van der Waals surface area contributed by atoms with Crippen molar-refractivity contribution in [3.63, 3.8) is 0 Å². The fourth-order valence-corrected chi connectivity index (χ4v) is 4.73. The number of rotatable bonds is 7. The number of aromatic nitrogens is 3. The SMILES string of the molecule is CC(C)(C)c1ccc(-c2nnc(SCCCc3ccccc3)n2-c2ccc(Br)cc2)cc1. The van der Waals surface area contributed by atoms with Gasteiger partial charge in [-0.05, 0) is 53.6 Å². The molecule has 0 radical (unpaired) electrons. The zero-order valence-electron chi connectivity index (χ0n) is 18.8. The summed E-state index contributed by atoms with van der Waals surface area (Å²) in [6.07, 6.45) is 2.17. The van der Waals surface area contributed by atoms with E-state index in [4.69, 9.17) is 0 Å². The fourth-order valence-electron chi connectivity index (χ4n) is 3.58. The van der Waals surface area contributed by atoms with Gasteiger partial charge in [-0.3, -0.25) is 4.57 Å². The maximum atomic E-state index is 4.59. The summed E-state index contributed by atoms with van der Waals surface area (Å²) in [4.78, 5) is 0. The molecule has 0 atom stereocenters. The van der Waals surface area contributed by atoms with E-state index in [0.717, 1.165) is 45.3 Å². The third kappa shape index (κ3) is 5.51. The van der Waals surface area contributed by atoms with Crippen LogP contribution in [0.2, 0.25) is 0 Å². The summed E-state index contributed by atoms with van der Waals surface area (Å²) in [5.74, 6) is 1.87. The van der Waals surface area contributed by atoms with Crippen molar-refractivity contribution >= 4 is 27.7 Å². The van der Waals surface area contributed by atoms with Crippen LogP contribution in [-0.2, 0) is 11.8 Å². The number of halogens is 1. The molecule has 0 bridgehead atoms. The van der Waals surface area contributed by atoms with E-state index in [1.807, 2.05) is 0 Å². The average Bonchev–Trinajstić information content (AvgIpc) is 3.21. The van der Waals surface area contributed by atoms with Gasteiger partial charge in [0.25, 0.3) is 0 Å². The maximum Gasteiger partial charge on any atom is 0.196 e. The topological polar surface area (TPSA) is 30.7 Å². The van der Waals surface area contributed by atoms with Crippen LogP contribution in [0.5, 0.6) is 0 Å². The number of thioether (sulfide) groups is 1. The molecule has 1 aromatic heterocycles. The summed E-state index contributed by atoms with van der Waals surface area (Å²) in [5, 5.41) is 10.1. The van der Waals surface area contributed by atoms with E-state index in [1.165, 1.54) is 11.1 Å². The van der Waals surface area contributed by atoms with Crippen molar-refractivity contribution in [2.75, 3.05) is 5.75 Å². The lowest BCUT2D eigenvalue weighted by atomic mass is 9.87. The Morgan fingerprint density at radius 1 is 0.844 bits per heavy atom. The van der Waals surface area contributed by atoms with E-state index in [9.17, 15) is 0 Å². The summed E-state index contributed by atoms with van der Waals surface area (Å²) in [6, 6.07) is 27.7. The number of hydrogen-bond donors (Lipinski definition) is 0. The normalized spacial score (nSPS) is 11.6. The van der Waals surface area contributed by atoms with E-state index < -0.39 is 0 Å². The molecule has 0 aliphatic rings. The van der Waals surface area contributed by atoms with Crippen LogP contribution in [0.3, 0.4) is 0 Å². The van der Waals surface area contributed by atoms with Crippen LogP contribution >= 0.6 is 27.7 Å². The second-order valence-corrected chi connectivity index (χ2v) is 10.9. The van der Waals surface area contributed by atoms with Crippen LogP contribution in [0.25, 0.3) is 17.1 Å². The first-order valence-electron chi connectivity index (χ1n) is 10.9. The highest BCUT2D eigenvalue weighted by Crippen LogP contribution is 2.31. The molecular formula is C27H28BrN3S. The van der Waals surface area contributed by atoms with Crippen molar-refractivity contribution in [2.24, 2.45) is 0 Å². The summed E-state index contributed by atoms with van der Waals surface area (Å²) < 4.78 is 3.23. The smallest absolute Gasteiger partial charge is 0.196 e. The monoisotopic (exact) mass is 505 g/mol. The van der Waals surface area contributed by atoms with Gasteiger partial charge >= 0.3 is 0 Å². The minimum absolute atomic E-state index is 0.123. The van der Waals surface area contributed by atoms with E-state index in [0.29, 0.717) is 0 Å². The van der Waals surface area contributed by atoms with Crippen LogP contribution in [0, 0.1) is 0 Å². The Kier molecular flexibility index (Phi) is 7.17. The van der Waals surface area contributed by atoms with Gasteiger partial charge in [-0.15, -0.1) is 10.2 Å². The van der Waals surface area contributed by atoms with Gasteiger partial charge in [-0.2, -0.15) is 0 Å². The standard InChI is InChI=1S/C27H28BrN3S/c1-27(2,3)22-13-11-21(12-14-22)25-29-30-26(31(25)24-17-15-23(28)16-18-24)32-19-7-10-20-8-5-4-6-9-20/h4-6,8-9,11-18H,7,10,19H2,1-3H3. The molecular weight excluding hydrogens is 478 g/mol. The minimum atomic E-state index is 0.123. The summed E-state index contributed by atoms with van der Waals surface area (Å²) in [6.45, 7) is 6.70. The van der Waals surface area contributed by atoms with Crippen molar-refractivity contribution in [1.29, 1.82) is 0 Å². The first-order valence-corrected chi connectivity index (χ1v) is 12.7. The third-order valence-corrected chi connectivity index (χ3v) is 6.95. The zero-order valence-corrected chi connectivity index (χ0v) is 21.2. The lowest BCUT2D eigenvalue weighted by Gasteiger charge is -2.19. The van der Waals surface area contributed by atoms with Crippen molar-refractivity contribution in [3.05, 3.63) is 94.5 Å². The zero-order chi connectivity index (χ0) is 22.6. The van der Waals surface area contributed by atoms with Crippen molar-refractivity contribution in [1.82, 2.24) is 14.8 Å². The molecule has 0 amide bonds. The molecule has 3 nitrogen and oxygen atoms in total. The molecule has 5 heteroatoms. The van der Waals surface area contributed by atoms with E-state index in [2.05, 4.69) is 130 Å². The average molecular weight is 507 g/mol. The molecule has 0 saturated carbocycles. The number of hydrogen-bond acceptors (Lipinski definition) is 3. The van der Waals surface area contributed by atoms with E-state index in [1.54, 1.807) is 11.8 Å². The van der Waals surface area contributed by atoms with Crippen LogP contribution in [0.4, 0.5) is 0 Å². The van der Waals surface area contributed by atoms with Gasteiger partial charge in [0.2, 0.25) is 0 Å². The van der Waals surface area contributed by atoms with Gasteiger partial charge in [0.1, 0.15) is 0 Å². The Labute approximate surface area is 203 Å². The van der Waals surface area contributed by atoms with Crippen molar-refractivity contribution in [3.8, 4) is 17.1 Å². The predicted octanol–water partition coefficient (Wildman–Crippen LogP) is 7.72. The molecule has 0 aliphatic carbocycles. The van der Waals surface area contributed by atoms with Crippen molar-refractivity contribution in [2.45, 2.75) is 44.2 Å². The van der Waals surface area contributed by atoms with E-state index >= 15 is 0 Å². The molecule has 32 heavy (non-hydrogen) atoms. The van der Waals surface area contributed by atoms with E-state index in [-0.39, 0.29) is 5.41 Å². The Morgan fingerprint density at radius 2 is 1.53 bits per heavy atom. The summed E-state index contributed by atoms with van der Waals surface area (Å²) in [7, 11) is 0. The highest BCUT2D eigenvalue weighted by atomic mass is 79.9.